The second kappa shape index (κ2) is 5.13. The van der Waals surface area contributed by atoms with Gasteiger partial charge in [-0.05, 0) is 24.1 Å². The number of hydrogen-bond donors (Lipinski definition) is 3. The smallest absolute Gasteiger partial charge is 0.307 e. The first-order valence-corrected chi connectivity index (χ1v) is 6.76. The molecule has 6 heteroatoms. The predicted octanol–water partition coefficient (Wildman–Crippen LogP) is 0.663. The lowest BCUT2D eigenvalue weighted by molar-refractivity contribution is -0.141. The standard InChI is InChI=1S/C14H17N3O3/c18-13-5-6-17(16-13)11-3-1-9(2-4-11)12-7-10(8-15-12)14(19)20/h1-4,10,12,15H,5-8H2,(H,16,18)(H,19,20). The fraction of sp³-hybridized carbons (Fsp3) is 0.429. The molecule has 0 aliphatic carbocycles. The third-order valence-electron chi connectivity index (χ3n) is 3.91. The van der Waals surface area contributed by atoms with Crippen molar-refractivity contribution in [2.24, 2.45) is 5.92 Å². The monoisotopic (exact) mass is 275 g/mol. The number of nitrogens with zero attached hydrogens (tertiary/aromatic N) is 1. The SMILES string of the molecule is O=C1CCN(c2ccc(C3CC(C(=O)O)CN3)cc2)N1. The highest BCUT2D eigenvalue weighted by atomic mass is 16.4. The number of hydrogen-bond acceptors (Lipinski definition) is 4. The quantitative estimate of drug-likeness (QED) is 0.755. The summed E-state index contributed by atoms with van der Waals surface area (Å²) in [6, 6.07) is 7.98. The van der Waals surface area contributed by atoms with E-state index in [9.17, 15) is 9.59 Å². The first-order chi connectivity index (χ1) is 9.63. The molecule has 0 saturated carbocycles. The van der Waals surface area contributed by atoms with Gasteiger partial charge in [-0.3, -0.25) is 20.0 Å². The molecule has 2 saturated heterocycles. The average molecular weight is 275 g/mol. The Kier molecular flexibility index (Phi) is 3.31. The summed E-state index contributed by atoms with van der Waals surface area (Å²) in [6.07, 6.45) is 1.14. The van der Waals surface area contributed by atoms with Crippen molar-refractivity contribution in [3.8, 4) is 0 Å². The second-order valence-electron chi connectivity index (χ2n) is 5.26. The predicted molar refractivity (Wildman–Crippen MR) is 73.0 cm³/mol. The molecule has 6 nitrogen and oxygen atoms in total. The van der Waals surface area contributed by atoms with Crippen LogP contribution >= 0.6 is 0 Å². The van der Waals surface area contributed by atoms with Crippen molar-refractivity contribution in [2.45, 2.75) is 18.9 Å². The van der Waals surface area contributed by atoms with Crippen LogP contribution in [0.5, 0.6) is 0 Å². The number of hydrazine groups is 1. The van der Waals surface area contributed by atoms with E-state index in [1.54, 1.807) is 0 Å². The van der Waals surface area contributed by atoms with E-state index in [0.29, 0.717) is 25.9 Å². The highest BCUT2D eigenvalue weighted by molar-refractivity contribution is 5.81. The van der Waals surface area contributed by atoms with Crippen molar-refractivity contribution in [1.82, 2.24) is 10.7 Å². The van der Waals surface area contributed by atoms with Gasteiger partial charge in [0.15, 0.2) is 0 Å². The van der Waals surface area contributed by atoms with Crippen LogP contribution in [0.3, 0.4) is 0 Å². The van der Waals surface area contributed by atoms with Crippen LogP contribution in [-0.2, 0) is 9.59 Å². The molecular formula is C14H17N3O3. The van der Waals surface area contributed by atoms with Gasteiger partial charge in [-0.25, -0.2) is 0 Å². The zero-order valence-corrected chi connectivity index (χ0v) is 11.0. The van der Waals surface area contributed by atoms with E-state index < -0.39 is 5.97 Å². The van der Waals surface area contributed by atoms with Crippen molar-refractivity contribution in [3.63, 3.8) is 0 Å². The van der Waals surface area contributed by atoms with Crippen LogP contribution in [-0.4, -0.2) is 30.1 Å². The summed E-state index contributed by atoms with van der Waals surface area (Å²) in [7, 11) is 0. The van der Waals surface area contributed by atoms with Crippen LogP contribution in [0.25, 0.3) is 0 Å². The Bertz CT molecular complexity index is 529. The molecule has 20 heavy (non-hydrogen) atoms. The van der Waals surface area contributed by atoms with Gasteiger partial charge in [0.05, 0.1) is 11.6 Å². The van der Waals surface area contributed by atoms with Gasteiger partial charge in [-0.1, -0.05) is 12.1 Å². The highest BCUT2D eigenvalue weighted by Crippen LogP contribution is 2.28. The number of carboxylic acid groups (broad SMARTS) is 1. The van der Waals surface area contributed by atoms with Crippen LogP contribution < -0.4 is 15.8 Å². The molecule has 0 spiro atoms. The Hall–Kier alpha value is -2.08. The maximum Gasteiger partial charge on any atom is 0.307 e. The van der Waals surface area contributed by atoms with E-state index in [-0.39, 0.29) is 17.9 Å². The van der Waals surface area contributed by atoms with E-state index >= 15 is 0 Å². The zero-order valence-electron chi connectivity index (χ0n) is 11.0. The Balaban J connectivity index is 1.67. The van der Waals surface area contributed by atoms with Crippen LogP contribution in [0.1, 0.15) is 24.4 Å². The lowest BCUT2D eigenvalue weighted by Crippen LogP contribution is -2.32. The third-order valence-corrected chi connectivity index (χ3v) is 3.91. The van der Waals surface area contributed by atoms with Crippen LogP contribution in [0.2, 0.25) is 0 Å². The summed E-state index contributed by atoms with van der Waals surface area (Å²) in [6.45, 7) is 1.20. The van der Waals surface area contributed by atoms with Gasteiger partial charge in [0.25, 0.3) is 0 Å². The van der Waals surface area contributed by atoms with Crippen molar-refractivity contribution in [3.05, 3.63) is 29.8 Å². The molecule has 2 unspecified atom stereocenters. The largest absolute Gasteiger partial charge is 0.481 e. The van der Waals surface area contributed by atoms with Gasteiger partial charge in [0.1, 0.15) is 0 Å². The number of nitrogens with one attached hydrogen (secondary N) is 2. The highest BCUT2D eigenvalue weighted by Gasteiger charge is 2.30. The minimum absolute atomic E-state index is 0.0378. The minimum Gasteiger partial charge on any atom is -0.481 e. The Labute approximate surface area is 116 Å². The molecule has 106 valence electrons. The Morgan fingerprint density at radius 1 is 1.30 bits per heavy atom. The van der Waals surface area contributed by atoms with Crippen LogP contribution in [0.15, 0.2) is 24.3 Å². The van der Waals surface area contributed by atoms with Gasteiger partial charge in [-0.2, -0.15) is 0 Å². The van der Waals surface area contributed by atoms with Gasteiger partial charge < -0.3 is 10.4 Å². The second-order valence-corrected chi connectivity index (χ2v) is 5.26. The van der Waals surface area contributed by atoms with Gasteiger partial charge >= 0.3 is 5.97 Å². The molecule has 2 atom stereocenters. The van der Waals surface area contributed by atoms with Gasteiger partial charge in [0, 0.05) is 25.6 Å². The average Bonchev–Trinajstić information content (AvgIpc) is 3.08. The van der Waals surface area contributed by atoms with Gasteiger partial charge in [0.2, 0.25) is 5.91 Å². The summed E-state index contributed by atoms with van der Waals surface area (Å²) in [5, 5.41) is 14.1. The third kappa shape index (κ3) is 2.46. The van der Waals surface area contributed by atoms with E-state index in [0.717, 1.165) is 11.3 Å². The minimum atomic E-state index is -0.739. The zero-order chi connectivity index (χ0) is 14.1. The van der Waals surface area contributed by atoms with Crippen molar-refractivity contribution in [2.75, 3.05) is 18.1 Å². The van der Waals surface area contributed by atoms with E-state index in [4.69, 9.17) is 5.11 Å². The van der Waals surface area contributed by atoms with Crippen LogP contribution in [0.4, 0.5) is 5.69 Å². The molecule has 1 aromatic carbocycles. The lowest BCUT2D eigenvalue weighted by Gasteiger charge is -2.18. The number of benzene rings is 1. The first-order valence-electron chi connectivity index (χ1n) is 6.76. The molecule has 3 N–H and O–H groups in total. The number of aliphatic carboxylic acids is 1. The maximum absolute atomic E-state index is 11.2. The van der Waals surface area contributed by atoms with E-state index in [1.807, 2.05) is 29.3 Å². The van der Waals surface area contributed by atoms with E-state index in [1.165, 1.54) is 0 Å². The van der Waals surface area contributed by atoms with E-state index in [2.05, 4.69) is 10.7 Å². The number of carbonyl (C=O) groups is 2. The fourth-order valence-corrected chi connectivity index (χ4v) is 2.73. The number of rotatable bonds is 3. The molecule has 1 aromatic rings. The topological polar surface area (TPSA) is 81.7 Å². The molecule has 0 radical (unpaired) electrons. The number of anilines is 1. The van der Waals surface area contributed by atoms with Crippen molar-refractivity contribution < 1.29 is 14.7 Å². The molecule has 2 heterocycles. The molecule has 0 bridgehead atoms. The van der Waals surface area contributed by atoms with Crippen molar-refractivity contribution >= 4 is 17.6 Å². The summed E-state index contributed by atoms with van der Waals surface area (Å²) in [4.78, 5) is 22.1. The Morgan fingerprint density at radius 2 is 2.05 bits per heavy atom. The van der Waals surface area contributed by atoms with Crippen LogP contribution in [0, 0.1) is 5.92 Å². The molecule has 2 fully saturated rings. The maximum atomic E-state index is 11.2. The molecule has 0 aromatic heterocycles. The number of amides is 1. The normalized spacial score (nSPS) is 25.8. The molecule has 3 rings (SSSR count). The summed E-state index contributed by atoms with van der Waals surface area (Å²) < 4.78 is 0. The lowest BCUT2D eigenvalue weighted by atomic mass is 10.00. The molecular weight excluding hydrogens is 258 g/mol. The molecule has 2 aliphatic heterocycles. The van der Waals surface area contributed by atoms with Crippen molar-refractivity contribution in [1.29, 1.82) is 0 Å². The number of carboxylic acids is 1. The summed E-state index contributed by atoms with van der Waals surface area (Å²) >= 11 is 0. The van der Waals surface area contributed by atoms with Gasteiger partial charge in [-0.15, -0.1) is 0 Å². The summed E-state index contributed by atoms with van der Waals surface area (Å²) in [5.74, 6) is -1.01. The molecule has 1 amide bonds. The Morgan fingerprint density at radius 3 is 2.60 bits per heavy atom. The fourth-order valence-electron chi connectivity index (χ4n) is 2.73. The molecule has 2 aliphatic rings. The summed E-state index contributed by atoms with van der Waals surface area (Å²) in [5.41, 5.74) is 4.82. The number of carbonyl (C=O) groups excluding carboxylic acids is 1. The first kappa shape index (κ1) is 12.9.